The Morgan fingerprint density at radius 3 is 2.20 bits per heavy atom. The molecule has 0 unspecified atom stereocenters. The molecule has 0 spiro atoms. The molecule has 9 heteroatoms. The first kappa shape index (κ1) is 30.3. The lowest BCUT2D eigenvalue weighted by Crippen LogP contribution is -2.50. The fourth-order valence-corrected chi connectivity index (χ4v) is 5.34. The van der Waals surface area contributed by atoms with E-state index in [9.17, 15) is 19.2 Å². The molecular weight excluding hydrogens is 561 g/mol. The predicted octanol–water partition coefficient (Wildman–Crippen LogP) is 5.93. The molecule has 4 rings (SSSR count). The Labute approximate surface area is 250 Å². The van der Waals surface area contributed by atoms with Gasteiger partial charge in [0.25, 0.3) is 11.8 Å². The summed E-state index contributed by atoms with van der Waals surface area (Å²) in [6.45, 7) is 2.74. The zero-order valence-electron chi connectivity index (χ0n) is 22.9. The second kappa shape index (κ2) is 14.3. The highest BCUT2D eigenvalue weighted by molar-refractivity contribution is 6.35. The van der Waals surface area contributed by atoms with Crippen molar-refractivity contribution < 1.29 is 19.2 Å². The number of carbonyl (C=O) groups is 4. The minimum atomic E-state index is -0.798. The van der Waals surface area contributed by atoms with Gasteiger partial charge in [0.05, 0.1) is 11.1 Å². The Bertz CT molecular complexity index is 1380. The van der Waals surface area contributed by atoms with E-state index < -0.39 is 6.04 Å². The molecule has 0 saturated carbocycles. The summed E-state index contributed by atoms with van der Waals surface area (Å²) in [5, 5.41) is 3.85. The summed E-state index contributed by atoms with van der Waals surface area (Å²) >= 11 is 12.6. The van der Waals surface area contributed by atoms with Crippen molar-refractivity contribution in [3.8, 4) is 0 Å². The third-order valence-electron chi connectivity index (χ3n) is 7.11. The van der Waals surface area contributed by atoms with Gasteiger partial charge in [-0.25, -0.2) is 0 Å². The molecule has 1 aliphatic heterocycles. The number of halogens is 2. The smallest absolute Gasteiger partial charge is 0.261 e. The molecule has 214 valence electrons. The van der Waals surface area contributed by atoms with Crippen LogP contribution in [0.15, 0.2) is 72.8 Å². The van der Waals surface area contributed by atoms with Crippen LogP contribution in [0.1, 0.15) is 64.4 Å². The van der Waals surface area contributed by atoms with Crippen molar-refractivity contribution in [2.45, 2.75) is 51.6 Å². The third-order valence-corrected chi connectivity index (χ3v) is 7.69. The monoisotopic (exact) mass is 593 g/mol. The second-order valence-electron chi connectivity index (χ2n) is 10.0. The average molecular weight is 595 g/mol. The molecule has 1 heterocycles. The Balaban J connectivity index is 1.56. The number of amides is 4. The lowest BCUT2D eigenvalue weighted by atomic mass is 10.0. The predicted molar refractivity (Wildman–Crippen MR) is 160 cm³/mol. The maximum absolute atomic E-state index is 13.8. The van der Waals surface area contributed by atoms with Crippen molar-refractivity contribution in [3.63, 3.8) is 0 Å². The van der Waals surface area contributed by atoms with Gasteiger partial charge in [0, 0.05) is 42.5 Å². The van der Waals surface area contributed by atoms with Crippen molar-refractivity contribution >= 4 is 46.8 Å². The van der Waals surface area contributed by atoms with Gasteiger partial charge in [0.1, 0.15) is 6.04 Å². The topological polar surface area (TPSA) is 86.8 Å². The molecule has 0 saturated heterocycles. The summed E-state index contributed by atoms with van der Waals surface area (Å²) in [6.07, 6.45) is 2.34. The zero-order valence-corrected chi connectivity index (χ0v) is 24.5. The molecule has 0 bridgehead atoms. The van der Waals surface area contributed by atoms with Gasteiger partial charge in [-0.15, -0.1) is 0 Å². The molecule has 0 fully saturated rings. The number of unbranched alkanes of at least 4 members (excludes halogenated alkanes) is 1. The van der Waals surface area contributed by atoms with E-state index in [4.69, 9.17) is 23.2 Å². The van der Waals surface area contributed by atoms with Crippen LogP contribution in [0.4, 0.5) is 0 Å². The van der Waals surface area contributed by atoms with Crippen molar-refractivity contribution in [2.24, 2.45) is 0 Å². The fraction of sp³-hybridized carbons (Fsp3) is 0.312. The van der Waals surface area contributed by atoms with E-state index >= 15 is 0 Å². The first-order valence-corrected chi connectivity index (χ1v) is 14.6. The van der Waals surface area contributed by atoms with E-state index in [2.05, 4.69) is 5.32 Å². The molecule has 1 N–H and O–H groups in total. The molecule has 0 radical (unpaired) electrons. The summed E-state index contributed by atoms with van der Waals surface area (Å²) in [7, 11) is 0. The van der Waals surface area contributed by atoms with Crippen molar-refractivity contribution in [1.29, 1.82) is 0 Å². The van der Waals surface area contributed by atoms with Gasteiger partial charge in [-0.1, -0.05) is 85.1 Å². The molecule has 0 aliphatic carbocycles. The quantitative estimate of drug-likeness (QED) is 0.197. The lowest BCUT2D eigenvalue weighted by molar-refractivity contribution is -0.141. The highest BCUT2D eigenvalue weighted by Gasteiger charge is 2.35. The highest BCUT2D eigenvalue weighted by atomic mass is 35.5. The van der Waals surface area contributed by atoms with Gasteiger partial charge in [-0.3, -0.25) is 24.1 Å². The molecule has 4 amide bonds. The Morgan fingerprint density at radius 2 is 1.56 bits per heavy atom. The van der Waals surface area contributed by atoms with Gasteiger partial charge in [-0.05, 0) is 48.2 Å². The van der Waals surface area contributed by atoms with Crippen LogP contribution >= 0.6 is 23.2 Å². The van der Waals surface area contributed by atoms with Gasteiger partial charge >= 0.3 is 0 Å². The molecule has 3 aromatic carbocycles. The number of hydrogen-bond donors (Lipinski definition) is 1. The standard InChI is InChI=1S/C32H33Cl2N3O4/c1-2-3-17-35-30(39)28(19-22-10-5-4-6-11-22)37(21-23-15-16-24(33)20-27(23)34)29(38)14-9-18-36-31(40)25-12-7-8-13-26(25)32(36)41/h4-8,10-13,15-16,20,28H,2-3,9,14,17-19,21H2,1H3,(H,35,39)/t28-/m1/s1. The normalized spacial score (nSPS) is 13.2. The summed E-state index contributed by atoms with van der Waals surface area (Å²) in [5.74, 6) is -1.25. The van der Waals surface area contributed by atoms with E-state index in [0.717, 1.165) is 18.4 Å². The molecule has 41 heavy (non-hydrogen) atoms. The van der Waals surface area contributed by atoms with Gasteiger partial charge in [0.15, 0.2) is 0 Å². The Hall–Kier alpha value is -3.68. The summed E-state index contributed by atoms with van der Waals surface area (Å²) in [5.41, 5.74) is 2.31. The molecule has 1 atom stereocenters. The Kier molecular flexibility index (Phi) is 10.6. The van der Waals surface area contributed by atoms with Crippen LogP contribution in [-0.4, -0.2) is 52.6 Å². The van der Waals surface area contributed by atoms with Crippen LogP contribution in [0.5, 0.6) is 0 Å². The molecule has 3 aromatic rings. The van der Waals surface area contributed by atoms with Gasteiger partial charge in [-0.2, -0.15) is 0 Å². The first-order valence-electron chi connectivity index (χ1n) is 13.8. The SMILES string of the molecule is CCCCNC(=O)[C@@H](Cc1ccccc1)N(Cc1ccc(Cl)cc1Cl)C(=O)CCCN1C(=O)c2ccccc2C1=O. The van der Waals surface area contributed by atoms with E-state index in [0.29, 0.717) is 39.7 Å². The van der Waals surface area contributed by atoms with Gasteiger partial charge < -0.3 is 10.2 Å². The van der Waals surface area contributed by atoms with E-state index in [1.807, 2.05) is 37.3 Å². The summed E-state index contributed by atoms with van der Waals surface area (Å²) in [6, 6.07) is 20.5. The maximum Gasteiger partial charge on any atom is 0.261 e. The zero-order chi connectivity index (χ0) is 29.4. The molecule has 1 aliphatic rings. The van der Waals surface area contributed by atoms with E-state index in [1.54, 1.807) is 47.4 Å². The molecule has 0 aromatic heterocycles. The fourth-order valence-electron chi connectivity index (χ4n) is 4.87. The van der Waals surface area contributed by atoms with Crippen molar-refractivity contribution in [2.75, 3.05) is 13.1 Å². The second-order valence-corrected chi connectivity index (χ2v) is 10.9. The van der Waals surface area contributed by atoms with Crippen LogP contribution in [0, 0.1) is 0 Å². The van der Waals surface area contributed by atoms with Crippen LogP contribution in [0.3, 0.4) is 0 Å². The number of fused-ring (bicyclic) bond motifs is 1. The average Bonchev–Trinajstić information content (AvgIpc) is 3.21. The van der Waals surface area contributed by atoms with Gasteiger partial charge in [0.2, 0.25) is 11.8 Å². The number of imide groups is 1. The molecular formula is C32H33Cl2N3O4. The number of nitrogens with one attached hydrogen (secondary N) is 1. The van der Waals surface area contributed by atoms with Crippen molar-refractivity contribution in [1.82, 2.24) is 15.1 Å². The maximum atomic E-state index is 13.8. The van der Waals surface area contributed by atoms with Crippen LogP contribution in [0.25, 0.3) is 0 Å². The third kappa shape index (κ3) is 7.54. The number of hydrogen-bond acceptors (Lipinski definition) is 4. The van der Waals surface area contributed by atoms with Crippen molar-refractivity contribution in [3.05, 3.63) is 105 Å². The first-order chi connectivity index (χ1) is 19.8. The van der Waals surface area contributed by atoms with Crippen LogP contribution in [-0.2, 0) is 22.6 Å². The minimum Gasteiger partial charge on any atom is -0.354 e. The number of nitrogens with zero attached hydrogens (tertiary/aromatic N) is 2. The Morgan fingerprint density at radius 1 is 0.902 bits per heavy atom. The lowest BCUT2D eigenvalue weighted by Gasteiger charge is -2.32. The van der Waals surface area contributed by atoms with Crippen LogP contribution in [0.2, 0.25) is 10.0 Å². The van der Waals surface area contributed by atoms with Crippen LogP contribution < -0.4 is 5.32 Å². The minimum absolute atomic E-state index is 0.0339. The summed E-state index contributed by atoms with van der Waals surface area (Å²) in [4.78, 5) is 55.7. The number of benzene rings is 3. The highest BCUT2D eigenvalue weighted by Crippen LogP contribution is 2.26. The number of carbonyl (C=O) groups excluding carboxylic acids is 4. The largest absolute Gasteiger partial charge is 0.354 e. The molecule has 7 nitrogen and oxygen atoms in total. The number of rotatable bonds is 13. The van der Waals surface area contributed by atoms with E-state index in [-0.39, 0.29) is 49.6 Å². The summed E-state index contributed by atoms with van der Waals surface area (Å²) < 4.78 is 0. The van der Waals surface area contributed by atoms with E-state index in [1.165, 1.54) is 4.90 Å².